The average molecular weight is 165 g/mol. The van der Waals surface area contributed by atoms with Gasteiger partial charge in [-0.15, -0.1) is 0 Å². The molecule has 0 aromatic carbocycles. The highest BCUT2D eigenvalue weighted by Gasteiger charge is 2.45. The van der Waals surface area contributed by atoms with Crippen LogP contribution in [-0.4, -0.2) is 9.55 Å². The fourth-order valence-corrected chi connectivity index (χ4v) is 1.50. The van der Waals surface area contributed by atoms with Gasteiger partial charge in [-0.25, -0.2) is 4.98 Å². The zero-order valence-electron chi connectivity index (χ0n) is 7.62. The van der Waals surface area contributed by atoms with Crippen LogP contribution in [0.15, 0.2) is 12.4 Å². The molecular formula is C9H15N3. The lowest BCUT2D eigenvalue weighted by atomic mass is 9.99. The molecule has 2 rings (SSSR count). The zero-order chi connectivity index (χ0) is 8.77. The van der Waals surface area contributed by atoms with E-state index in [1.807, 2.05) is 17.8 Å². The molecule has 1 aromatic rings. The topological polar surface area (TPSA) is 43.8 Å². The first kappa shape index (κ1) is 7.80. The quantitative estimate of drug-likeness (QED) is 0.716. The summed E-state index contributed by atoms with van der Waals surface area (Å²) in [7, 11) is 1.99. The van der Waals surface area contributed by atoms with Crippen molar-refractivity contribution in [3.05, 3.63) is 18.2 Å². The molecule has 3 nitrogen and oxygen atoms in total. The largest absolute Gasteiger partial charge is 0.337 e. The van der Waals surface area contributed by atoms with Crippen LogP contribution in [0.3, 0.4) is 0 Å². The van der Waals surface area contributed by atoms with Crippen LogP contribution in [-0.2, 0) is 7.05 Å². The molecule has 1 fully saturated rings. The molecule has 1 heterocycles. The van der Waals surface area contributed by atoms with Gasteiger partial charge in [0.2, 0.25) is 0 Å². The SMILES string of the molecule is Cn1ccnc1C(N)C1(C)CC1. The Labute approximate surface area is 72.6 Å². The Bertz CT molecular complexity index is 286. The zero-order valence-corrected chi connectivity index (χ0v) is 7.62. The summed E-state index contributed by atoms with van der Waals surface area (Å²) in [6, 6.07) is 0.109. The van der Waals surface area contributed by atoms with Gasteiger partial charge in [0, 0.05) is 19.4 Å². The first-order chi connectivity index (χ1) is 5.63. The fourth-order valence-electron chi connectivity index (χ4n) is 1.50. The summed E-state index contributed by atoms with van der Waals surface area (Å²) in [5, 5.41) is 0. The van der Waals surface area contributed by atoms with Crippen LogP contribution in [0.25, 0.3) is 0 Å². The highest BCUT2D eigenvalue weighted by Crippen LogP contribution is 2.52. The van der Waals surface area contributed by atoms with Crippen LogP contribution < -0.4 is 5.73 Å². The van der Waals surface area contributed by atoms with Crippen molar-refractivity contribution >= 4 is 0 Å². The molecule has 0 aliphatic heterocycles. The van der Waals surface area contributed by atoms with E-state index in [-0.39, 0.29) is 6.04 Å². The Hall–Kier alpha value is -0.830. The molecule has 12 heavy (non-hydrogen) atoms. The van der Waals surface area contributed by atoms with Crippen LogP contribution in [0.5, 0.6) is 0 Å². The third-order valence-electron chi connectivity index (χ3n) is 2.93. The molecular weight excluding hydrogens is 150 g/mol. The maximum Gasteiger partial charge on any atom is 0.125 e. The minimum absolute atomic E-state index is 0.109. The number of aryl methyl sites for hydroxylation is 1. The second-order valence-corrected chi connectivity index (χ2v) is 4.03. The minimum Gasteiger partial charge on any atom is -0.337 e. The van der Waals surface area contributed by atoms with Gasteiger partial charge in [-0.2, -0.15) is 0 Å². The van der Waals surface area contributed by atoms with Crippen molar-refractivity contribution < 1.29 is 0 Å². The molecule has 0 radical (unpaired) electrons. The number of imidazole rings is 1. The number of rotatable bonds is 2. The van der Waals surface area contributed by atoms with Crippen molar-refractivity contribution in [2.45, 2.75) is 25.8 Å². The van der Waals surface area contributed by atoms with E-state index in [4.69, 9.17) is 5.73 Å². The third kappa shape index (κ3) is 1.05. The van der Waals surface area contributed by atoms with Gasteiger partial charge in [-0.3, -0.25) is 0 Å². The van der Waals surface area contributed by atoms with Gasteiger partial charge in [0.1, 0.15) is 5.82 Å². The summed E-state index contributed by atoms with van der Waals surface area (Å²) in [6.45, 7) is 2.23. The molecule has 0 bridgehead atoms. The molecule has 0 amide bonds. The van der Waals surface area contributed by atoms with Gasteiger partial charge in [-0.1, -0.05) is 6.92 Å². The summed E-state index contributed by atoms with van der Waals surface area (Å²) in [6.07, 6.45) is 6.23. The highest BCUT2D eigenvalue weighted by atomic mass is 15.1. The summed E-state index contributed by atoms with van der Waals surface area (Å²) >= 11 is 0. The Morgan fingerprint density at radius 3 is 2.75 bits per heavy atom. The molecule has 1 aromatic heterocycles. The molecule has 1 unspecified atom stereocenters. The third-order valence-corrected chi connectivity index (χ3v) is 2.93. The molecule has 1 aliphatic rings. The van der Waals surface area contributed by atoms with E-state index in [9.17, 15) is 0 Å². The highest BCUT2D eigenvalue weighted by molar-refractivity contribution is 5.09. The van der Waals surface area contributed by atoms with Crippen molar-refractivity contribution in [3.8, 4) is 0 Å². The van der Waals surface area contributed by atoms with Crippen LogP contribution in [0.1, 0.15) is 31.6 Å². The minimum atomic E-state index is 0.109. The van der Waals surface area contributed by atoms with Crippen molar-refractivity contribution in [2.24, 2.45) is 18.2 Å². The van der Waals surface area contributed by atoms with Crippen LogP contribution >= 0.6 is 0 Å². The second kappa shape index (κ2) is 2.33. The first-order valence-electron chi connectivity index (χ1n) is 4.36. The molecule has 3 heteroatoms. The number of nitrogens with two attached hydrogens (primary N) is 1. The predicted molar refractivity (Wildman–Crippen MR) is 47.5 cm³/mol. The standard InChI is InChI=1S/C9H15N3/c1-9(3-4-9)7(10)8-11-5-6-12(8)2/h5-7H,3-4,10H2,1-2H3. The number of nitrogens with zero attached hydrogens (tertiary/aromatic N) is 2. The Morgan fingerprint density at radius 2 is 2.33 bits per heavy atom. The van der Waals surface area contributed by atoms with Gasteiger partial charge in [0.25, 0.3) is 0 Å². The monoisotopic (exact) mass is 165 g/mol. The molecule has 0 spiro atoms. The first-order valence-corrected chi connectivity index (χ1v) is 4.36. The van der Waals surface area contributed by atoms with E-state index in [1.54, 1.807) is 6.20 Å². The lowest BCUT2D eigenvalue weighted by Crippen LogP contribution is -2.23. The summed E-state index contributed by atoms with van der Waals surface area (Å²) in [4.78, 5) is 4.26. The van der Waals surface area contributed by atoms with E-state index in [0.717, 1.165) is 5.82 Å². The maximum atomic E-state index is 6.10. The van der Waals surface area contributed by atoms with Gasteiger partial charge < -0.3 is 10.3 Å². The number of aromatic nitrogens is 2. The lowest BCUT2D eigenvalue weighted by molar-refractivity contribution is 0.422. The number of hydrogen-bond acceptors (Lipinski definition) is 2. The van der Waals surface area contributed by atoms with Crippen LogP contribution in [0, 0.1) is 5.41 Å². The van der Waals surface area contributed by atoms with Crippen LogP contribution in [0.2, 0.25) is 0 Å². The smallest absolute Gasteiger partial charge is 0.125 e. The fraction of sp³-hybridized carbons (Fsp3) is 0.667. The van der Waals surface area contributed by atoms with Crippen molar-refractivity contribution in [1.82, 2.24) is 9.55 Å². The maximum absolute atomic E-state index is 6.10. The van der Waals surface area contributed by atoms with E-state index in [1.165, 1.54) is 12.8 Å². The Balaban J connectivity index is 2.25. The van der Waals surface area contributed by atoms with E-state index < -0.39 is 0 Å². The number of hydrogen-bond donors (Lipinski definition) is 1. The van der Waals surface area contributed by atoms with E-state index in [2.05, 4.69) is 11.9 Å². The van der Waals surface area contributed by atoms with Crippen molar-refractivity contribution in [1.29, 1.82) is 0 Å². The molecule has 1 saturated carbocycles. The van der Waals surface area contributed by atoms with Gasteiger partial charge in [-0.05, 0) is 18.3 Å². The summed E-state index contributed by atoms with van der Waals surface area (Å²) in [5.41, 5.74) is 6.42. The van der Waals surface area contributed by atoms with E-state index >= 15 is 0 Å². The molecule has 0 saturated heterocycles. The van der Waals surface area contributed by atoms with Gasteiger partial charge >= 0.3 is 0 Å². The summed E-state index contributed by atoms with van der Waals surface area (Å²) in [5.74, 6) is 1.01. The van der Waals surface area contributed by atoms with Crippen molar-refractivity contribution in [2.75, 3.05) is 0 Å². The molecule has 2 N–H and O–H groups in total. The van der Waals surface area contributed by atoms with Gasteiger partial charge in [0.05, 0.1) is 6.04 Å². The lowest BCUT2D eigenvalue weighted by Gasteiger charge is -2.17. The van der Waals surface area contributed by atoms with E-state index in [0.29, 0.717) is 5.41 Å². The molecule has 66 valence electrons. The van der Waals surface area contributed by atoms with Crippen LogP contribution in [0.4, 0.5) is 0 Å². The molecule has 1 aliphatic carbocycles. The van der Waals surface area contributed by atoms with Crippen molar-refractivity contribution in [3.63, 3.8) is 0 Å². The Morgan fingerprint density at radius 1 is 1.67 bits per heavy atom. The second-order valence-electron chi connectivity index (χ2n) is 4.03. The van der Waals surface area contributed by atoms with Gasteiger partial charge in [0.15, 0.2) is 0 Å². The normalized spacial score (nSPS) is 22.2. The Kier molecular flexibility index (Phi) is 1.51. The summed E-state index contributed by atoms with van der Waals surface area (Å²) < 4.78 is 2.01. The molecule has 1 atom stereocenters. The predicted octanol–water partition coefficient (Wildman–Crippen LogP) is 1.22. The average Bonchev–Trinajstić information content (AvgIpc) is 2.63.